The molecule has 0 fully saturated rings. The average Bonchev–Trinajstić information content (AvgIpc) is 2.75. The van der Waals surface area contributed by atoms with Crippen LogP contribution in [0.25, 0.3) is 0 Å². The van der Waals surface area contributed by atoms with Gasteiger partial charge in [-0.3, -0.25) is 9.10 Å². The molecule has 0 aliphatic carbocycles. The van der Waals surface area contributed by atoms with Gasteiger partial charge in [0.2, 0.25) is 15.9 Å². The second-order valence-corrected chi connectivity index (χ2v) is 9.59. The van der Waals surface area contributed by atoms with Crippen LogP contribution in [-0.2, 0) is 21.0 Å². The van der Waals surface area contributed by atoms with Gasteiger partial charge in [-0.05, 0) is 49.2 Å². The van der Waals surface area contributed by atoms with Crippen molar-refractivity contribution < 1.29 is 35.9 Å². The number of alkyl halides is 3. The van der Waals surface area contributed by atoms with Gasteiger partial charge in [0.1, 0.15) is 13.2 Å². The average molecular weight is 487 g/mol. The van der Waals surface area contributed by atoms with Crippen molar-refractivity contribution in [2.45, 2.75) is 32.0 Å². The molecule has 1 aliphatic rings. The van der Waals surface area contributed by atoms with Gasteiger partial charge >= 0.3 is 6.18 Å². The van der Waals surface area contributed by atoms with E-state index >= 15 is 0 Å². The lowest BCUT2D eigenvalue weighted by atomic mass is 10.1. The van der Waals surface area contributed by atoms with Crippen molar-refractivity contribution in [2.75, 3.05) is 30.3 Å². The second-order valence-electron chi connectivity index (χ2n) is 7.68. The number of sulfonamides is 1. The Hall–Kier alpha value is -2.95. The summed E-state index contributed by atoms with van der Waals surface area (Å²) in [6.45, 7) is 2.59. The maximum absolute atomic E-state index is 13.0. The van der Waals surface area contributed by atoms with Crippen LogP contribution in [0.15, 0.2) is 42.5 Å². The number of carbonyl (C=O) groups is 1. The molecule has 0 unspecified atom stereocenters. The molecule has 180 valence electrons. The number of hydrogen-bond donors (Lipinski definition) is 1. The Morgan fingerprint density at radius 1 is 1.12 bits per heavy atom. The minimum atomic E-state index is -4.59. The van der Waals surface area contributed by atoms with Crippen molar-refractivity contribution in [1.29, 1.82) is 0 Å². The van der Waals surface area contributed by atoms with Crippen LogP contribution in [0, 0.1) is 0 Å². The summed E-state index contributed by atoms with van der Waals surface area (Å²) < 4.78 is 75.2. The van der Waals surface area contributed by atoms with E-state index in [2.05, 4.69) is 5.32 Å². The molecule has 0 spiro atoms. The monoisotopic (exact) mass is 486 g/mol. The van der Waals surface area contributed by atoms with Crippen LogP contribution in [0.4, 0.5) is 18.9 Å². The van der Waals surface area contributed by atoms with Crippen molar-refractivity contribution in [3.05, 3.63) is 53.6 Å². The van der Waals surface area contributed by atoms with Gasteiger partial charge < -0.3 is 14.8 Å². The van der Waals surface area contributed by atoms with E-state index in [-0.39, 0.29) is 37.0 Å². The van der Waals surface area contributed by atoms with Crippen LogP contribution < -0.4 is 19.1 Å². The molecule has 1 heterocycles. The van der Waals surface area contributed by atoms with Crippen molar-refractivity contribution in [3.8, 4) is 11.5 Å². The smallest absolute Gasteiger partial charge is 0.416 e. The van der Waals surface area contributed by atoms with Crippen LogP contribution >= 0.6 is 0 Å². The molecule has 3 rings (SSSR count). The van der Waals surface area contributed by atoms with Crippen LogP contribution in [-0.4, -0.2) is 40.3 Å². The molecule has 1 amide bonds. The summed E-state index contributed by atoms with van der Waals surface area (Å²) in [5.41, 5.74) is -0.230. The Morgan fingerprint density at radius 3 is 2.48 bits per heavy atom. The maximum atomic E-state index is 13.0. The van der Waals surface area contributed by atoms with Crippen molar-refractivity contribution in [1.82, 2.24) is 5.32 Å². The van der Waals surface area contributed by atoms with E-state index in [4.69, 9.17) is 9.47 Å². The predicted molar refractivity (Wildman–Crippen MR) is 117 cm³/mol. The van der Waals surface area contributed by atoms with E-state index in [1.54, 1.807) is 19.1 Å². The van der Waals surface area contributed by atoms with E-state index in [9.17, 15) is 26.4 Å². The van der Waals surface area contributed by atoms with Crippen LogP contribution in [0.2, 0.25) is 0 Å². The fraction of sp³-hybridized carbons (Fsp3) is 0.409. The number of benzene rings is 2. The fourth-order valence-electron chi connectivity index (χ4n) is 3.43. The molecule has 1 aliphatic heterocycles. The van der Waals surface area contributed by atoms with Crippen LogP contribution in [0.3, 0.4) is 0 Å². The SMILES string of the molecule is C[C@H](NC(=O)CCCN(c1cccc(C(F)(F)F)c1)S(C)(=O)=O)c1ccc2c(c1)OCCO2. The van der Waals surface area contributed by atoms with Gasteiger partial charge in [-0.2, -0.15) is 13.2 Å². The highest BCUT2D eigenvalue weighted by molar-refractivity contribution is 7.92. The molecule has 2 aromatic carbocycles. The number of nitrogens with one attached hydrogen (secondary N) is 1. The van der Waals surface area contributed by atoms with Crippen LogP contribution in [0.1, 0.15) is 36.9 Å². The third-order valence-electron chi connectivity index (χ3n) is 5.07. The molecule has 1 N–H and O–H groups in total. The molecule has 0 radical (unpaired) electrons. The molecule has 7 nitrogen and oxygen atoms in total. The van der Waals surface area contributed by atoms with E-state index < -0.39 is 21.8 Å². The lowest BCUT2D eigenvalue weighted by Crippen LogP contribution is -2.32. The molecule has 0 aromatic heterocycles. The number of rotatable bonds is 8. The maximum Gasteiger partial charge on any atom is 0.416 e. The van der Waals surface area contributed by atoms with Gasteiger partial charge in [-0.25, -0.2) is 8.42 Å². The predicted octanol–water partition coefficient (Wildman–Crippen LogP) is 3.90. The summed E-state index contributed by atoms with van der Waals surface area (Å²) >= 11 is 0. The molecule has 2 aromatic rings. The number of halogens is 3. The summed E-state index contributed by atoms with van der Waals surface area (Å²) in [7, 11) is -3.84. The van der Waals surface area contributed by atoms with E-state index in [1.165, 1.54) is 6.07 Å². The quantitative estimate of drug-likeness (QED) is 0.612. The fourth-order valence-corrected chi connectivity index (χ4v) is 4.39. The van der Waals surface area contributed by atoms with Gasteiger partial charge in [-0.15, -0.1) is 0 Å². The topological polar surface area (TPSA) is 84.9 Å². The molecule has 0 saturated heterocycles. The van der Waals surface area contributed by atoms with E-state index in [1.807, 2.05) is 6.07 Å². The molecule has 11 heteroatoms. The normalized spacial score (nSPS) is 14.5. The van der Waals surface area contributed by atoms with Crippen molar-refractivity contribution in [2.24, 2.45) is 0 Å². The minimum Gasteiger partial charge on any atom is -0.486 e. The highest BCUT2D eigenvalue weighted by atomic mass is 32.2. The zero-order valence-corrected chi connectivity index (χ0v) is 19.0. The lowest BCUT2D eigenvalue weighted by Gasteiger charge is -2.23. The third-order valence-corrected chi connectivity index (χ3v) is 6.26. The first-order valence-corrected chi connectivity index (χ1v) is 12.1. The first kappa shape index (κ1) is 24.7. The molecular weight excluding hydrogens is 461 g/mol. The molecule has 1 atom stereocenters. The third kappa shape index (κ3) is 6.53. The number of carbonyl (C=O) groups excluding carboxylic acids is 1. The largest absolute Gasteiger partial charge is 0.486 e. The zero-order chi connectivity index (χ0) is 24.2. The van der Waals surface area contributed by atoms with Crippen molar-refractivity contribution >= 4 is 21.6 Å². The van der Waals surface area contributed by atoms with E-state index in [0.717, 1.165) is 34.3 Å². The number of anilines is 1. The Balaban J connectivity index is 1.60. The number of nitrogens with zero attached hydrogens (tertiary/aromatic N) is 1. The lowest BCUT2D eigenvalue weighted by molar-refractivity contribution is -0.137. The van der Waals surface area contributed by atoms with Crippen molar-refractivity contribution in [3.63, 3.8) is 0 Å². The van der Waals surface area contributed by atoms with Gasteiger partial charge in [-0.1, -0.05) is 12.1 Å². The van der Waals surface area contributed by atoms with Gasteiger partial charge in [0, 0.05) is 13.0 Å². The first-order chi connectivity index (χ1) is 15.4. The highest BCUT2D eigenvalue weighted by Crippen LogP contribution is 2.33. The van der Waals surface area contributed by atoms with Crippen LogP contribution in [0.5, 0.6) is 11.5 Å². The summed E-state index contributed by atoms with van der Waals surface area (Å²) in [6.07, 6.45) is -3.55. The molecule has 0 bridgehead atoms. The Morgan fingerprint density at radius 2 is 1.82 bits per heavy atom. The summed E-state index contributed by atoms with van der Waals surface area (Å²) in [5, 5.41) is 2.83. The van der Waals surface area contributed by atoms with Gasteiger partial charge in [0.05, 0.1) is 23.5 Å². The Bertz CT molecular complexity index is 1110. The summed E-state index contributed by atoms with van der Waals surface area (Å²) in [5.74, 6) is 0.929. The first-order valence-electron chi connectivity index (χ1n) is 10.3. The Labute approximate surface area is 190 Å². The summed E-state index contributed by atoms with van der Waals surface area (Å²) in [4.78, 5) is 12.4. The standard InChI is InChI=1S/C22H25F3N2O5S/c1-15(16-8-9-19-20(13-16)32-12-11-31-19)26-21(28)7-4-10-27(33(2,29)30)18-6-3-5-17(14-18)22(23,24)25/h3,5-6,8-9,13-15H,4,7,10-12H2,1-2H3,(H,26,28)/t15-/m0/s1. The number of amides is 1. The minimum absolute atomic E-state index is 0.000126. The zero-order valence-electron chi connectivity index (χ0n) is 18.2. The molecule has 33 heavy (non-hydrogen) atoms. The second kappa shape index (κ2) is 9.90. The van der Waals surface area contributed by atoms with E-state index in [0.29, 0.717) is 24.7 Å². The molecule has 0 saturated carbocycles. The number of ether oxygens (including phenoxy) is 2. The molecular formula is C22H25F3N2O5S. The number of fused-ring (bicyclic) bond motifs is 1. The van der Waals surface area contributed by atoms with Gasteiger partial charge in [0.15, 0.2) is 11.5 Å². The summed E-state index contributed by atoms with van der Waals surface area (Å²) in [6, 6.07) is 9.14. The van der Waals surface area contributed by atoms with Gasteiger partial charge in [0.25, 0.3) is 0 Å². The Kier molecular flexibility index (Phi) is 7.41. The highest BCUT2D eigenvalue weighted by Gasteiger charge is 2.31. The number of hydrogen-bond acceptors (Lipinski definition) is 5.